The Hall–Kier alpha value is -1.56. The maximum absolute atomic E-state index is 10.1. The molecule has 2 unspecified atom stereocenters. The number of ether oxygens (including phenoxy) is 2. The van der Waals surface area contributed by atoms with Gasteiger partial charge in [0.25, 0.3) is 0 Å². The van der Waals surface area contributed by atoms with Gasteiger partial charge < -0.3 is 19.9 Å². The Labute approximate surface area is 163 Å². The smallest absolute Gasteiger partial charge is 0.175 e. The van der Waals surface area contributed by atoms with Crippen molar-refractivity contribution in [3.8, 4) is 11.5 Å². The normalized spacial score (nSPS) is 20.0. The van der Waals surface area contributed by atoms with Gasteiger partial charge in [-0.2, -0.15) is 0 Å². The molecule has 2 N–H and O–H groups in total. The molecule has 2 atom stereocenters. The molecule has 0 aliphatic heterocycles. The molecule has 5 heteroatoms. The lowest BCUT2D eigenvalue weighted by molar-refractivity contribution is 0.0902. The van der Waals surface area contributed by atoms with Gasteiger partial charge in [0.2, 0.25) is 0 Å². The zero-order chi connectivity index (χ0) is 18.4. The van der Waals surface area contributed by atoms with Crippen molar-refractivity contribution >= 4 is 15.9 Å². The molecule has 3 rings (SSSR count). The number of benzene rings is 2. The highest BCUT2D eigenvalue weighted by molar-refractivity contribution is 9.10. The second-order valence-electron chi connectivity index (χ2n) is 6.72. The Morgan fingerprint density at radius 3 is 2.62 bits per heavy atom. The van der Waals surface area contributed by atoms with Crippen LogP contribution in [0.15, 0.2) is 46.9 Å². The molecule has 1 saturated carbocycles. The van der Waals surface area contributed by atoms with E-state index < -0.39 is 0 Å². The van der Waals surface area contributed by atoms with Crippen molar-refractivity contribution in [2.24, 2.45) is 0 Å². The van der Waals surface area contributed by atoms with Gasteiger partial charge in [0.15, 0.2) is 11.5 Å². The highest BCUT2D eigenvalue weighted by Crippen LogP contribution is 2.37. The fourth-order valence-electron chi connectivity index (χ4n) is 3.34. The van der Waals surface area contributed by atoms with Crippen LogP contribution in [0.4, 0.5) is 0 Å². The summed E-state index contributed by atoms with van der Waals surface area (Å²) in [7, 11) is 1.65. The van der Waals surface area contributed by atoms with Gasteiger partial charge in [-0.15, -0.1) is 0 Å². The molecular weight excluding hydrogens is 394 g/mol. The Morgan fingerprint density at radius 2 is 1.88 bits per heavy atom. The Kier molecular flexibility index (Phi) is 6.94. The zero-order valence-electron chi connectivity index (χ0n) is 15.1. The van der Waals surface area contributed by atoms with E-state index in [2.05, 4.69) is 21.2 Å². The van der Waals surface area contributed by atoms with Crippen molar-refractivity contribution in [3.05, 3.63) is 58.1 Å². The standard InChI is InChI=1S/C21H26BrNO3/c1-25-20-12-16(13-23-18-9-5-6-10-19(18)24)11-17(22)21(20)26-14-15-7-3-2-4-8-15/h2-4,7-8,11-12,18-19,23-24H,5-6,9-10,13-14H2,1H3. The molecule has 0 spiro atoms. The summed E-state index contributed by atoms with van der Waals surface area (Å²) in [6.07, 6.45) is 3.96. The van der Waals surface area contributed by atoms with Crippen LogP contribution in [0.25, 0.3) is 0 Å². The molecule has 2 aromatic rings. The van der Waals surface area contributed by atoms with Gasteiger partial charge in [0.05, 0.1) is 17.7 Å². The summed E-state index contributed by atoms with van der Waals surface area (Å²) in [4.78, 5) is 0. The molecule has 26 heavy (non-hydrogen) atoms. The van der Waals surface area contributed by atoms with Crippen LogP contribution < -0.4 is 14.8 Å². The number of hydrogen-bond acceptors (Lipinski definition) is 4. The van der Waals surface area contributed by atoms with Crippen molar-refractivity contribution in [3.63, 3.8) is 0 Å². The number of rotatable bonds is 7. The minimum atomic E-state index is -0.248. The van der Waals surface area contributed by atoms with Crippen LogP contribution in [0.3, 0.4) is 0 Å². The maximum atomic E-state index is 10.1. The molecular formula is C21H26BrNO3. The lowest BCUT2D eigenvalue weighted by atomic mass is 9.92. The van der Waals surface area contributed by atoms with Crippen LogP contribution in [0.1, 0.15) is 36.8 Å². The predicted octanol–water partition coefficient (Wildman–Crippen LogP) is 4.43. The van der Waals surface area contributed by atoms with E-state index in [0.29, 0.717) is 24.7 Å². The van der Waals surface area contributed by atoms with Crippen LogP contribution in [0, 0.1) is 0 Å². The topological polar surface area (TPSA) is 50.7 Å². The maximum Gasteiger partial charge on any atom is 0.175 e. The quantitative estimate of drug-likeness (QED) is 0.696. The molecule has 0 amide bonds. The zero-order valence-corrected chi connectivity index (χ0v) is 16.7. The van der Waals surface area contributed by atoms with Crippen LogP contribution in [-0.4, -0.2) is 24.4 Å². The van der Waals surface area contributed by atoms with Crippen LogP contribution in [0.5, 0.6) is 11.5 Å². The molecule has 0 radical (unpaired) electrons. The molecule has 0 saturated heterocycles. The van der Waals surface area contributed by atoms with Gasteiger partial charge >= 0.3 is 0 Å². The first-order valence-corrected chi connectivity index (χ1v) is 9.91. The van der Waals surface area contributed by atoms with Crippen molar-refractivity contribution < 1.29 is 14.6 Å². The molecule has 140 valence electrons. The van der Waals surface area contributed by atoms with Gasteiger partial charge in [-0.3, -0.25) is 0 Å². The van der Waals surface area contributed by atoms with E-state index in [0.717, 1.165) is 34.9 Å². The second kappa shape index (κ2) is 9.40. The van der Waals surface area contributed by atoms with Crippen molar-refractivity contribution in [2.75, 3.05) is 7.11 Å². The van der Waals surface area contributed by atoms with Gasteiger partial charge in [0, 0.05) is 12.6 Å². The average molecular weight is 420 g/mol. The summed E-state index contributed by atoms with van der Waals surface area (Å²) in [6, 6.07) is 14.3. The van der Waals surface area contributed by atoms with Gasteiger partial charge in [0.1, 0.15) is 6.61 Å². The van der Waals surface area contributed by atoms with Crippen LogP contribution in [0.2, 0.25) is 0 Å². The van der Waals surface area contributed by atoms with Crippen LogP contribution >= 0.6 is 15.9 Å². The lowest BCUT2D eigenvalue weighted by Gasteiger charge is -2.28. The molecule has 2 aromatic carbocycles. The Bertz CT molecular complexity index is 708. The summed E-state index contributed by atoms with van der Waals surface area (Å²) < 4.78 is 12.4. The Balaban J connectivity index is 1.66. The molecule has 0 bridgehead atoms. The molecule has 1 fully saturated rings. The van der Waals surface area contributed by atoms with E-state index >= 15 is 0 Å². The van der Waals surface area contributed by atoms with Crippen molar-refractivity contribution in [1.29, 1.82) is 0 Å². The number of hydrogen-bond donors (Lipinski definition) is 2. The van der Waals surface area contributed by atoms with E-state index in [1.165, 1.54) is 6.42 Å². The SMILES string of the molecule is COc1cc(CNC2CCCCC2O)cc(Br)c1OCc1ccccc1. The number of methoxy groups -OCH3 is 1. The first-order valence-electron chi connectivity index (χ1n) is 9.12. The third-order valence-electron chi connectivity index (χ3n) is 4.81. The van der Waals surface area contributed by atoms with E-state index in [4.69, 9.17) is 9.47 Å². The van der Waals surface area contributed by atoms with E-state index in [1.54, 1.807) is 7.11 Å². The largest absolute Gasteiger partial charge is 0.493 e. The van der Waals surface area contributed by atoms with E-state index in [-0.39, 0.29) is 12.1 Å². The van der Waals surface area contributed by atoms with E-state index in [9.17, 15) is 5.11 Å². The molecule has 1 aliphatic carbocycles. The lowest BCUT2D eigenvalue weighted by Crippen LogP contribution is -2.41. The third-order valence-corrected chi connectivity index (χ3v) is 5.40. The summed E-state index contributed by atoms with van der Waals surface area (Å²) in [5, 5.41) is 13.6. The number of aliphatic hydroxyl groups is 1. The molecule has 0 heterocycles. The van der Waals surface area contributed by atoms with Gasteiger partial charge in [-0.05, 0) is 52.0 Å². The number of aliphatic hydroxyl groups excluding tert-OH is 1. The first kappa shape index (κ1) is 19.2. The fourth-order valence-corrected chi connectivity index (χ4v) is 3.95. The fraction of sp³-hybridized carbons (Fsp3) is 0.429. The van der Waals surface area contributed by atoms with Crippen molar-refractivity contribution in [1.82, 2.24) is 5.32 Å². The summed E-state index contributed by atoms with van der Waals surface area (Å²) >= 11 is 3.61. The first-order chi connectivity index (χ1) is 12.7. The summed E-state index contributed by atoms with van der Waals surface area (Å²) in [5.74, 6) is 1.41. The summed E-state index contributed by atoms with van der Waals surface area (Å²) in [6.45, 7) is 1.18. The number of halogens is 1. The minimum absolute atomic E-state index is 0.169. The van der Waals surface area contributed by atoms with Gasteiger partial charge in [-0.25, -0.2) is 0 Å². The molecule has 4 nitrogen and oxygen atoms in total. The monoisotopic (exact) mass is 419 g/mol. The molecule has 0 aromatic heterocycles. The highest BCUT2D eigenvalue weighted by atomic mass is 79.9. The minimum Gasteiger partial charge on any atom is -0.493 e. The predicted molar refractivity (Wildman–Crippen MR) is 107 cm³/mol. The third kappa shape index (κ3) is 5.00. The van der Waals surface area contributed by atoms with Gasteiger partial charge in [-0.1, -0.05) is 43.2 Å². The molecule has 1 aliphatic rings. The van der Waals surface area contributed by atoms with E-state index in [1.807, 2.05) is 42.5 Å². The highest BCUT2D eigenvalue weighted by Gasteiger charge is 2.22. The van der Waals surface area contributed by atoms with Crippen LogP contribution in [-0.2, 0) is 13.2 Å². The van der Waals surface area contributed by atoms with Crippen molar-refractivity contribution in [2.45, 2.75) is 51.0 Å². The summed E-state index contributed by atoms with van der Waals surface area (Å²) in [5.41, 5.74) is 2.21. The Morgan fingerprint density at radius 1 is 1.12 bits per heavy atom. The number of nitrogens with one attached hydrogen (secondary N) is 1. The average Bonchev–Trinajstić information content (AvgIpc) is 2.67. The second-order valence-corrected chi connectivity index (χ2v) is 7.58.